The van der Waals surface area contributed by atoms with E-state index in [1.54, 1.807) is 17.0 Å². The molecule has 0 saturated carbocycles. The molecule has 2 fully saturated rings. The molecule has 1 atom stereocenters. The van der Waals surface area contributed by atoms with Gasteiger partial charge in [0.1, 0.15) is 5.82 Å². The van der Waals surface area contributed by atoms with Crippen molar-refractivity contribution in [2.24, 2.45) is 0 Å². The Kier molecular flexibility index (Phi) is 4.99. The highest BCUT2D eigenvalue weighted by Gasteiger charge is 2.33. The van der Waals surface area contributed by atoms with Crippen LogP contribution in [0.3, 0.4) is 0 Å². The highest BCUT2D eigenvalue weighted by molar-refractivity contribution is 5.96. The summed E-state index contributed by atoms with van der Waals surface area (Å²) in [6.07, 6.45) is 0.247. The Labute approximate surface area is 141 Å². The van der Waals surface area contributed by atoms with Crippen molar-refractivity contribution in [2.75, 3.05) is 44.2 Å². The van der Waals surface area contributed by atoms with Crippen LogP contribution in [0.1, 0.15) is 13.3 Å². The number of urea groups is 1. The number of benzene rings is 1. The lowest BCUT2D eigenvalue weighted by Gasteiger charge is -2.34. The Morgan fingerprint density at radius 1 is 1.29 bits per heavy atom. The number of likely N-dealkylation sites (N-methyl/N-ethyl adjacent to an activating group) is 1. The lowest BCUT2D eigenvalue weighted by molar-refractivity contribution is -0.117. The molecule has 0 aliphatic carbocycles. The molecule has 0 aromatic heterocycles. The molecule has 1 aromatic carbocycles. The molecule has 2 aliphatic heterocycles. The van der Waals surface area contributed by atoms with E-state index in [1.807, 2.05) is 0 Å². The van der Waals surface area contributed by atoms with Crippen LogP contribution in [0, 0.1) is 5.82 Å². The maximum absolute atomic E-state index is 13.3. The van der Waals surface area contributed by atoms with Crippen LogP contribution < -0.4 is 10.2 Å². The third kappa shape index (κ3) is 3.67. The van der Waals surface area contributed by atoms with Gasteiger partial charge in [-0.1, -0.05) is 13.0 Å². The van der Waals surface area contributed by atoms with E-state index >= 15 is 0 Å². The number of hydrogen-bond acceptors (Lipinski definition) is 3. The second-order valence-electron chi connectivity index (χ2n) is 6.26. The third-order valence-corrected chi connectivity index (χ3v) is 4.68. The van der Waals surface area contributed by atoms with Gasteiger partial charge >= 0.3 is 6.03 Å². The SMILES string of the molecule is CCN1CCN(C(=O)N[C@@H]2CC(=O)N(c3cccc(F)c3)C2)CC1. The highest BCUT2D eigenvalue weighted by Crippen LogP contribution is 2.22. The van der Waals surface area contributed by atoms with Crippen LogP contribution in [0.25, 0.3) is 0 Å². The number of hydrogen-bond donors (Lipinski definition) is 1. The maximum atomic E-state index is 13.3. The van der Waals surface area contributed by atoms with Gasteiger partial charge in [0.15, 0.2) is 0 Å². The smallest absolute Gasteiger partial charge is 0.317 e. The molecule has 3 amide bonds. The predicted molar refractivity (Wildman–Crippen MR) is 89.4 cm³/mol. The minimum Gasteiger partial charge on any atom is -0.333 e. The molecule has 3 rings (SSSR count). The van der Waals surface area contributed by atoms with Crippen molar-refractivity contribution in [1.29, 1.82) is 0 Å². The quantitative estimate of drug-likeness (QED) is 0.906. The van der Waals surface area contributed by atoms with Crippen LogP contribution in [-0.2, 0) is 4.79 Å². The number of carbonyl (C=O) groups is 2. The van der Waals surface area contributed by atoms with E-state index in [1.165, 1.54) is 17.0 Å². The van der Waals surface area contributed by atoms with E-state index in [0.29, 0.717) is 25.3 Å². The molecule has 2 saturated heterocycles. The van der Waals surface area contributed by atoms with E-state index < -0.39 is 0 Å². The summed E-state index contributed by atoms with van der Waals surface area (Å²) in [5.74, 6) is -0.469. The first kappa shape index (κ1) is 16.7. The Morgan fingerprint density at radius 3 is 2.71 bits per heavy atom. The molecule has 0 bridgehead atoms. The van der Waals surface area contributed by atoms with Crippen LogP contribution in [0.2, 0.25) is 0 Å². The lowest BCUT2D eigenvalue weighted by Crippen LogP contribution is -2.53. The van der Waals surface area contributed by atoms with Gasteiger partial charge in [-0.15, -0.1) is 0 Å². The molecule has 2 aliphatic rings. The summed E-state index contributed by atoms with van der Waals surface area (Å²) >= 11 is 0. The van der Waals surface area contributed by atoms with Gasteiger partial charge in [-0.25, -0.2) is 9.18 Å². The molecule has 24 heavy (non-hydrogen) atoms. The minimum atomic E-state index is -0.374. The van der Waals surface area contributed by atoms with Gasteiger partial charge < -0.3 is 20.0 Å². The molecule has 7 heteroatoms. The normalized spacial score (nSPS) is 22.1. The van der Waals surface area contributed by atoms with E-state index in [2.05, 4.69) is 17.1 Å². The topological polar surface area (TPSA) is 55.9 Å². The van der Waals surface area contributed by atoms with Crippen molar-refractivity contribution in [2.45, 2.75) is 19.4 Å². The number of piperazine rings is 1. The van der Waals surface area contributed by atoms with Crippen molar-refractivity contribution in [3.8, 4) is 0 Å². The van der Waals surface area contributed by atoms with E-state index in [0.717, 1.165) is 19.6 Å². The zero-order valence-corrected chi connectivity index (χ0v) is 13.9. The zero-order valence-electron chi connectivity index (χ0n) is 13.9. The largest absolute Gasteiger partial charge is 0.333 e. The van der Waals surface area contributed by atoms with Gasteiger partial charge in [0.05, 0.1) is 6.04 Å². The first-order valence-electron chi connectivity index (χ1n) is 8.40. The van der Waals surface area contributed by atoms with Crippen LogP contribution in [0.15, 0.2) is 24.3 Å². The van der Waals surface area contributed by atoms with Crippen molar-refractivity contribution < 1.29 is 14.0 Å². The van der Waals surface area contributed by atoms with E-state index in [-0.39, 0.29) is 30.2 Å². The Balaban J connectivity index is 1.55. The Morgan fingerprint density at radius 2 is 2.04 bits per heavy atom. The second kappa shape index (κ2) is 7.17. The summed E-state index contributed by atoms with van der Waals surface area (Å²) in [7, 11) is 0. The van der Waals surface area contributed by atoms with Crippen molar-refractivity contribution in [3.63, 3.8) is 0 Å². The summed E-state index contributed by atoms with van der Waals surface area (Å²) < 4.78 is 13.3. The van der Waals surface area contributed by atoms with Gasteiger partial charge in [-0.05, 0) is 24.7 Å². The molecular formula is C17H23FN4O2. The fourth-order valence-corrected chi connectivity index (χ4v) is 3.23. The molecule has 0 unspecified atom stereocenters. The summed E-state index contributed by atoms with van der Waals surface area (Å²) in [4.78, 5) is 30.2. The Hall–Kier alpha value is -2.15. The maximum Gasteiger partial charge on any atom is 0.317 e. The minimum absolute atomic E-state index is 0.0956. The number of carbonyl (C=O) groups excluding carboxylic acids is 2. The number of nitrogens with one attached hydrogen (secondary N) is 1. The van der Waals surface area contributed by atoms with Crippen LogP contribution in [0.5, 0.6) is 0 Å². The average Bonchev–Trinajstić information content (AvgIpc) is 2.95. The van der Waals surface area contributed by atoms with Crippen molar-refractivity contribution >= 4 is 17.6 Å². The van der Waals surface area contributed by atoms with E-state index in [9.17, 15) is 14.0 Å². The Bertz CT molecular complexity index is 616. The molecule has 6 nitrogen and oxygen atoms in total. The molecule has 2 heterocycles. The molecule has 130 valence electrons. The standard InChI is InChI=1S/C17H23FN4O2/c1-2-20-6-8-21(9-7-20)17(24)19-14-11-16(23)22(12-14)15-5-3-4-13(18)10-15/h3-5,10,14H,2,6-9,11-12H2,1H3,(H,19,24)/t14-/m1/s1. The summed E-state index contributed by atoms with van der Waals surface area (Å²) in [5, 5.41) is 2.94. The van der Waals surface area contributed by atoms with Crippen LogP contribution >= 0.6 is 0 Å². The number of halogens is 1. The fourth-order valence-electron chi connectivity index (χ4n) is 3.23. The van der Waals surface area contributed by atoms with Gasteiger partial charge in [0, 0.05) is 44.8 Å². The first-order valence-corrected chi connectivity index (χ1v) is 8.40. The molecule has 1 N–H and O–H groups in total. The van der Waals surface area contributed by atoms with Crippen molar-refractivity contribution in [3.05, 3.63) is 30.1 Å². The fraction of sp³-hybridized carbons (Fsp3) is 0.529. The summed E-state index contributed by atoms with van der Waals surface area (Å²) in [6.45, 7) is 6.65. The predicted octanol–water partition coefficient (Wildman–Crippen LogP) is 1.28. The molecule has 0 radical (unpaired) electrons. The molecule has 1 aromatic rings. The monoisotopic (exact) mass is 334 g/mol. The number of rotatable bonds is 3. The van der Waals surface area contributed by atoms with Crippen LogP contribution in [-0.4, -0.2) is 67.0 Å². The van der Waals surface area contributed by atoms with Crippen molar-refractivity contribution in [1.82, 2.24) is 15.1 Å². The zero-order chi connectivity index (χ0) is 17.1. The number of nitrogens with zero attached hydrogens (tertiary/aromatic N) is 3. The second-order valence-corrected chi connectivity index (χ2v) is 6.26. The molecule has 0 spiro atoms. The summed E-state index contributed by atoms with van der Waals surface area (Å²) in [5.41, 5.74) is 0.535. The highest BCUT2D eigenvalue weighted by atomic mass is 19.1. The lowest BCUT2D eigenvalue weighted by atomic mass is 10.2. The van der Waals surface area contributed by atoms with Crippen LogP contribution in [0.4, 0.5) is 14.9 Å². The summed E-state index contributed by atoms with van der Waals surface area (Å²) in [6, 6.07) is 5.61. The van der Waals surface area contributed by atoms with Gasteiger partial charge in [0.25, 0.3) is 0 Å². The van der Waals surface area contributed by atoms with Gasteiger partial charge in [-0.2, -0.15) is 0 Å². The number of amides is 3. The average molecular weight is 334 g/mol. The number of anilines is 1. The third-order valence-electron chi connectivity index (χ3n) is 4.68. The van der Waals surface area contributed by atoms with Gasteiger partial charge in [0.2, 0.25) is 5.91 Å². The first-order chi connectivity index (χ1) is 11.6. The van der Waals surface area contributed by atoms with Gasteiger partial charge in [-0.3, -0.25) is 4.79 Å². The molecular weight excluding hydrogens is 311 g/mol. The van der Waals surface area contributed by atoms with E-state index in [4.69, 9.17) is 0 Å².